The fourth-order valence-corrected chi connectivity index (χ4v) is 2.29. The van der Waals surface area contributed by atoms with Crippen LogP contribution in [-0.4, -0.2) is 30.9 Å². The number of methoxy groups -OCH3 is 1. The van der Waals surface area contributed by atoms with Crippen LogP contribution in [0.4, 0.5) is 0 Å². The van der Waals surface area contributed by atoms with Crippen LogP contribution < -0.4 is 10.6 Å². The zero-order chi connectivity index (χ0) is 19.2. The number of hydrogen-bond donors (Lipinski definition) is 2. The van der Waals surface area contributed by atoms with Crippen molar-refractivity contribution in [3.8, 4) is 0 Å². The predicted molar refractivity (Wildman–Crippen MR) is 96.0 cm³/mol. The molecule has 0 fully saturated rings. The minimum Gasteiger partial charge on any atom is -0.469 e. The average Bonchev–Trinajstić information content (AvgIpc) is 2.53. The molecular formula is C18H25ClN2O4. The van der Waals surface area contributed by atoms with E-state index >= 15 is 0 Å². The summed E-state index contributed by atoms with van der Waals surface area (Å²) in [7, 11) is 1.28. The van der Waals surface area contributed by atoms with Gasteiger partial charge in [0.05, 0.1) is 19.6 Å². The summed E-state index contributed by atoms with van der Waals surface area (Å²) < 4.78 is 4.69. The van der Waals surface area contributed by atoms with Crippen LogP contribution in [0.3, 0.4) is 0 Å². The molecule has 0 aliphatic carbocycles. The molecule has 0 heterocycles. The maximum absolute atomic E-state index is 12.4. The van der Waals surface area contributed by atoms with Crippen LogP contribution >= 0.6 is 11.6 Å². The number of carbonyl (C=O) groups is 3. The molecule has 6 nitrogen and oxygen atoms in total. The van der Waals surface area contributed by atoms with Gasteiger partial charge in [0.2, 0.25) is 11.8 Å². The first-order valence-corrected chi connectivity index (χ1v) is 8.36. The number of hydrogen-bond acceptors (Lipinski definition) is 4. The standard InChI is InChI=1S/C18H25ClN2O4/c1-11(20-17(24)18(2,3)4)16(23)21-14(10-15(22)25-5)12-8-6-7-9-13(12)19/h6-9,11,14H,10H2,1-5H3,(H,20,24)(H,21,23). The van der Waals surface area contributed by atoms with E-state index in [1.54, 1.807) is 52.0 Å². The number of ether oxygens (including phenoxy) is 1. The Bertz CT molecular complexity index is 640. The SMILES string of the molecule is COC(=O)CC(NC(=O)C(C)NC(=O)C(C)(C)C)c1ccccc1Cl. The molecule has 1 aromatic carbocycles. The van der Waals surface area contributed by atoms with Gasteiger partial charge < -0.3 is 15.4 Å². The van der Waals surface area contributed by atoms with Crippen molar-refractivity contribution in [2.75, 3.05) is 7.11 Å². The van der Waals surface area contributed by atoms with Crippen LogP contribution in [0.5, 0.6) is 0 Å². The summed E-state index contributed by atoms with van der Waals surface area (Å²) in [5, 5.41) is 5.85. The molecule has 2 unspecified atom stereocenters. The van der Waals surface area contributed by atoms with E-state index in [-0.39, 0.29) is 12.3 Å². The minimum atomic E-state index is -0.755. The second-order valence-electron chi connectivity index (χ2n) is 6.81. The van der Waals surface area contributed by atoms with Gasteiger partial charge in [-0.15, -0.1) is 0 Å². The van der Waals surface area contributed by atoms with Gasteiger partial charge in [0, 0.05) is 10.4 Å². The first-order valence-electron chi connectivity index (χ1n) is 7.98. The summed E-state index contributed by atoms with van der Waals surface area (Å²) in [4.78, 5) is 36.2. The van der Waals surface area contributed by atoms with E-state index in [1.165, 1.54) is 7.11 Å². The molecular weight excluding hydrogens is 344 g/mol. The average molecular weight is 369 g/mol. The molecule has 1 rings (SSSR count). The van der Waals surface area contributed by atoms with Crippen LogP contribution in [-0.2, 0) is 19.1 Å². The quantitative estimate of drug-likeness (QED) is 0.756. The third-order valence-electron chi connectivity index (χ3n) is 3.62. The lowest BCUT2D eigenvalue weighted by Crippen LogP contribution is -2.49. The molecule has 0 saturated carbocycles. The molecule has 7 heteroatoms. The smallest absolute Gasteiger partial charge is 0.307 e. The van der Waals surface area contributed by atoms with E-state index in [2.05, 4.69) is 10.6 Å². The van der Waals surface area contributed by atoms with Crippen molar-refractivity contribution in [2.45, 2.75) is 46.2 Å². The fourth-order valence-electron chi connectivity index (χ4n) is 2.02. The summed E-state index contributed by atoms with van der Waals surface area (Å²) in [5.41, 5.74) is 0.000142. The Hall–Kier alpha value is -2.08. The highest BCUT2D eigenvalue weighted by atomic mass is 35.5. The first-order chi connectivity index (χ1) is 11.6. The Balaban J connectivity index is 2.90. The van der Waals surface area contributed by atoms with Crippen molar-refractivity contribution >= 4 is 29.4 Å². The molecule has 0 radical (unpaired) electrons. The number of rotatable bonds is 6. The Kier molecular flexibility index (Phi) is 7.42. The molecule has 1 aromatic rings. The van der Waals surface area contributed by atoms with Crippen molar-refractivity contribution in [3.63, 3.8) is 0 Å². The molecule has 0 aliphatic rings. The fraction of sp³-hybridized carbons (Fsp3) is 0.500. The Morgan fingerprint density at radius 3 is 2.28 bits per heavy atom. The third kappa shape index (κ3) is 6.38. The van der Waals surface area contributed by atoms with E-state index in [0.29, 0.717) is 10.6 Å². The number of halogens is 1. The van der Waals surface area contributed by atoms with Crippen molar-refractivity contribution in [3.05, 3.63) is 34.9 Å². The summed E-state index contributed by atoms with van der Waals surface area (Å²) in [6, 6.07) is 5.53. The van der Waals surface area contributed by atoms with Gasteiger partial charge in [-0.3, -0.25) is 14.4 Å². The van der Waals surface area contributed by atoms with E-state index in [9.17, 15) is 14.4 Å². The molecule has 0 spiro atoms. The number of esters is 1. The molecule has 2 N–H and O–H groups in total. The molecule has 2 amide bonds. The normalized spacial score (nSPS) is 13.5. The molecule has 0 aromatic heterocycles. The van der Waals surface area contributed by atoms with Crippen LogP contribution in [0, 0.1) is 5.41 Å². The summed E-state index contributed by atoms with van der Waals surface area (Å²) in [6.07, 6.45) is -0.0636. The van der Waals surface area contributed by atoms with Crippen molar-refractivity contribution in [2.24, 2.45) is 5.41 Å². The zero-order valence-electron chi connectivity index (χ0n) is 15.2. The zero-order valence-corrected chi connectivity index (χ0v) is 15.9. The third-order valence-corrected chi connectivity index (χ3v) is 3.96. The van der Waals surface area contributed by atoms with Gasteiger partial charge in [-0.25, -0.2) is 0 Å². The molecule has 0 bridgehead atoms. The number of nitrogens with one attached hydrogen (secondary N) is 2. The van der Waals surface area contributed by atoms with Crippen LogP contribution in [0.25, 0.3) is 0 Å². The summed E-state index contributed by atoms with van der Waals surface area (Å²) in [6.45, 7) is 6.87. The Labute approximate surface area is 153 Å². The van der Waals surface area contributed by atoms with Crippen molar-refractivity contribution in [1.29, 1.82) is 0 Å². The summed E-state index contributed by atoms with van der Waals surface area (Å²) >= 11 is 6.18. The lowest BCUT2D eigenvalue weighted by molar-refractivity contribution is -0.141. The molecule has 0 saturated heterocycles. The highest BCUT2D eigenvalue weighted by molar-refractivity contribution is 6.31. The molecule has 2 atom stereocenters. The highest BCUT2D eigenvalue weighted by Gasteiger charge is 2.27. The van der Waals surface area contributed by atoms with Crippen molar-refractivity contribution in [1.82, 2.24) is 10.6 Å². The second-order valence-corrected chi connectivity index (χ2v) is 7.22. The highest BCUT2D eigenvalue weighted by Crippen LogP contribution is 2.25. The van der Waals surface area contributed by atoms with E-state index < -0.39 is 29.4 Å². The van der Waals surface area contributed by atoms with Gasteiger partial charge in [-0.2, -0.15) is 0 Å². The van der Waals surface area contributed by atoms with Crippen LogP contribution in [0.1, 0.15) is 45.7 Å². The monoisotopic (exact) mass is 368 g/mol. The summed E-state index contributed by atoms with van der Waals surface area (Å²) in [5.74, 6) is -1.12. The van der Waals surface area contributed by atoms with Gasteiger partial charge >= 0.3 is 5.97 Å². The molecule has 138 valence electrons. The largest absolute Gasteiger partial charge is 0.469 e. The van der Waals surface area contributed by atoms with Gasteiger partial charge in [-0.1, -0.05) is 50.6 Å². The van der Waals surface area contributed by atoms with Gasteiger partial charge in [0.15, 0.2) is 0 Å². The number of benzene rings is 1. The Morgan fingerprint density at radius 1 is 1.16 bits per heavy atom. The molecule has 0 aliphatic heterocycles. The van der Waals surface area contributed by atoms with E-state index in [1.807, 2.05) is 0 Å². The Morgan fingerprint density at radius 2 is 1.76 bits per heavy atom. The second kappa shape index (κ2) is 8.85. The first kappa shape index (κ1) is 21.0. The lowest BCUT2D eigenvalue weighted by Gasteiger charge is -2.24. The topological polar surface area (TPSA) is 84.5 Å². The van der Waals surface area contributed by atoms with E-state index in [0.717, 1.165) is 0 Å². The lowest BCUT2D eigenvalue weighted by atomic mass is 9.95. The minimum absolute atomic E-state index is 0.0636. The van der Waals surface area contributed by atoms with Gasteiger partial charge in [-0.05, 0) is 18.6 Å². The number of amides is 2. The van der Waals surface area contributed by atoms with Gasteiger partial charge in [0.25, 0.3) is 0 Å². The van der Waals surface area contributed by atoms with Gasteiger partial charge in [0.1, 0.15) is 6.04 Å². The predicted octanol–water partition coefficient (Wildman–Crippen LogP) is 2.61. The van der Waals surface area contributed by atoms with Crippen LogP contribution in [0.2, 0.25) is 5.02 Å². The molecule has 25 heavy (non-hydrogen) atoms. The maximum atomic E-state index is 12.4. The van der Waals surface area contributed by atoms with E-state index in [4.69, 9.17) is 16.3 Å². The maximum Gasteiger partial charge on any atom is 0.307 e. The number of carbonyl (C=O) groups excluding carboxylic acids is 3. The van der Waals surface area contributed by atoms with Crippen molar-refractivity contribution < 1.29 is 19.1 Å². The van der Waals surface area contributed by atoms with Crippen LogP contribution in [0.15, 0.2) is 24.3 Å².